The fourth-order valence-electron chi connectivity index (χ4n) is 1.69. The van der Waals surface area contributed by atoms with Gasteiger partial charge in [0, 0.05) is 10.8 Å². The summed E-state index contributed by atoms with van der Waals surface area (Å²) in [5, 5.41) is 10.6. The molecule has 0 saturated carbocycles. The topological polar surface area (TPSA) is 25.8 Å². The van der Waals surface area contributed by atoms with Crippen molar-refractivity contribution in [1.82, 2.24) is 10.2 Å². The number of hydrogen-bond acceptors (Lipinski definition) is 3. The molecule has 3 aromatic rings. The molecule has 0 aliphatic heterocycles. The molecule has 84 valence electrons. The second kappa shape index (κ2) is 4.48. The highest BCUT2D eigenvalue weighted by Crippen LogP contribution is 2.35. The first-order valence-corrected chi connectivity index (χ1v) is 7.32. The van der Waals surface area contributed by atoms with Crippen molar-refractivity contribution in [3.63, 3.8) is 0 Å². The van der Waals surface area contributed by atoms with Crippen LogP contribution in [0.3, 0.4) is 0 Å². The number of nitrogens with zero attached hydrogens (tertiary/aromatic N) is 2. The van der Waals surface area contributed by atoms with E-state index in [-0.39, 0.29) is 0 Å². The summed E-state index contributed by atoms with van der Waals surface area (Å²) in [6, 6.07) is 12.2. The van der Waals surface area contributed by atoms with Crippen LogP contribution in [0.2, 0.25) is 0 Å². The molecule has 0 radical (unpaired) electrons. The highest BCUT2D eigenvalue weighted by molar-refractivity contribution is 9.11. The van der Waals surface area contributed by atoms with E-state index in [1.807, 2.05) is 24.3 Å². The van der Waals surface area contributed by atoms with Gasteiger partial charge in [0.25, 0.3) is 0 Å². The molecule has 17 heavy (non-hydrogen) atoms. The van der Waals surface area contributed by atoms with E-state index in [4.69, 9.17) is 0 Å². The van der Waals surface area contributed by atoms with Gasteiger partial charge in [-0.15, -0.1) is 21.5 Å². The van der Waals surface area contributed by atoms with Gasteiger partial charge in [-0.2, -0.15) is 0 Å². The molecule has 0 fully saturated rings. The van der Waals surface area contributed by atoms with Gasteiger partial charge in [-0.3, -0.25) is 0 Å². The van der Waals surface area contributed by atoms with Crippen LogP contribution in [0.5, 0.6) is 0 Å². The van der Waals surface area contributed by atoms with Crippen molar-refractivity contribution in [2.75, 3.05) is 0 Å². The summed E-state index contributed by atoms with van der Waals surface area (Å²) in [6.45, 7) is 0. The van der Waals surface area contributed by atoms with Crippen LogP contribution in [-0.4, -0.2) is 10.2 Å². The molecular formula is C12H6Br2N2S. The smallest absolute Gasteiger partial charge is 0.136 e. The zero-order valence-corrected chi connectivity index (χ0v) is 12.5. The summed E-state index contributed by atoms with van der Waals surface area (Å²) in [4.78, 5) is 1.12. The fraction of sp³-hybridized carbons (Fsp3) is 0. The second-order valence-electron chi connectivity index (χ2n) is 3.49. The summed E-state index contributed by atoms with van der Waals surface area (Å²) in [5.41, 5.74) is 0.930. The Morgan fingerprint density at radius 2 is 1.65 bits per heavy atom. The first kappa shape index (κ1) is 11.3. The van der Waals surface area contributed by atoms with Crippen LogP contribution in [-0.2, 0) is 0 Å². The Kier molecular flexibility index (Phi) is 2.98. The van der Waals surface area contributed by atoms with E-state index in [1.54, 1.807) is 11.3 Å². The number of thiophene rings is 1. The van der Waals surface area contributed by atoms with Gasteiger partial charge in [0.15, 0.2) is 0 Å². The summed E-state index contributed by atoms with van der Waals surface area (Å²) in [5.74, 6) is 0. The molecule has 0 bridgehead atoms. The maximum absolute atomic E-state index is 4.28. The van der Waals surface area contributed by atoms with Gasteiger partial charge in [-0.05, 0) is 44.0 Å². The average Bonchev–Trinajstić information content (AvgIpc) is 2.77. The highest BCUT2D eigenvalue weighted by atomic mass is 79.9. The summed E-state index contributed by atoms with van der Waals surface area (Å²) in [6.07, 6.45) is 0. The molecule has 2 aromatic heterocycles. The van der Waals surface area contributed by atoms with Gasteiger partial charge in [0.1, 0.15) is 10.3 Å². The monoisotopic (exact) mass is 368 g/mol. The second-order valence-corrected chi connectivity index (χ2v) is 6.70. The van der Waals surface area contributed by atoms with Crippen molar-refractivity contribution in [2.45, 2.75) is 0 Å². The maximum atomic E-state index is 4.28. The molecule has 0 amide bonds. The lowest BCUT2D eigenvalue weighted by Gasteiger charge is -2.03. The van der Waals surface area contributed by atoms with Crippen molar-refractivity contribution in [1.29, 1.82) is 0 Å². The number of benzene rings is 1. The molecule has 0 unspecified atom stereocenters. The third kappa shape index (κ3) is 2.03. The molecular weight excluding hydrogens is 364 g/mol. The molecule has 0 spiro atoms. The molecule has 0 aliphatic carbocycles. The zero-order valence-electron chi connectivity index (χ0n) is 8.52. The van der Waals surface area contributed by atoms with Crippen molar-refractivity contribution in [2.24, 2.45) is 0 Å². The van der Waals surface area contributed by atoms with E-state index in [2.05, 4.69) is 54.2 Å². The van der Waals surface area contributed by atoms with Gasteiger partial charge in [0.2, 0.25) is 0 Å². The molecule has 5 heteroatoms. The Labute approximate surface area is 119 Å². The molecule has 0 aliphatic rings. The van der Waals surface area contributed by atoms with Crippen molar-refractivity contribution in [3.8, 4) is 10.6 Å². The largest absolute Gasteiger partial charge is 0.148 e. The Morgan fingerprint density at radius 3 is 2.35 bits per heavy atom. The first-order chi connectivity index (χ1) is 8.25. The van der Waals surface area contributed by atoms with E-state index in [0.717, 1.165) is 29.7 Å². The van der Waals surface area contributed by atoms with Crippen LogP contribution in [0.25, 0.3) is 21.3 Å². The van der Waals surface area contributed by atoms with Crippen LogP contribution in [0.1, 0.15) is 0 Å². The van der Waals surface area contributed by atoms with Gasteiger partial charge in [-0.1, -0.05) is 24.3 Å². The molecule has 3 rings (SSSR count). The van der Waals surface area contributed by atoms with Crippen molar-refractivity contribution < 1.29 is 0 Å². The number of rotatable bonds is 1. The predicted octanol–water partition coefficient (Wildman–Crippen LogP) is 4.88. The zero-order chi connectivity index (χ0) is 11.8. The van der Waals surface area contributed by atoms with E-state index in [1.165, 1.54) is 0 Å². The molecule has 1 aromatic carbocycles. The van der Waals surface area contributed by atoms with Crippen LogP contribution < -0.4 is 0 Å². The average molecular weight is 370 g/mol. The van der Waals surface area contributed by atoms with Crippen molar-refractivity contribution >= 4 is 54.0 Å². The Bertz CT molecular complexity index is 694. The molecule has 2 heterocycles. The summed E-state index contributed by atoms with van der Waals surface area (Å²) < 4.78 is 1.88. The van der Waals surface area contributed by atoms with E-state index in [0.29, 0.717) is 0 Å². The van der Waals surface area contributed by atoms with E-state index < -0.39 is 0 Å². The number of aromatic nitrogens is 2. The quantitative estimate of drug-likeness (QED) is 0.610. The van der Waals surface area contributed by atoms with Crippen molar-refractivity contribution in [3.05, 3.63) is 44.8 Å². The third-order valence-corrected chi connectivity index (χ3v) is 4.66. The fourth-order valence-corrected chi connectivity index (χ4v) is 3.50. The number of halogens is 2. The Morgan fingerprint density at radius 1 is 0.882 bits per heavy atom. The van der Waals surface area contributed by atoms with Gasteiger partial charge in [0.05, 0.1) is 8.66 Å². The third-order valence-electron chi connectivity index (χ3n) is 2.45. The van der Waals surface area contributed by atoms with E-state index in [9.17, 15) is 0 Å². The van der Waals surface area contributed by atoms with Crippen LogP contribution >= 0.6 is 43.2 Å². The molecule has 0 saturated heterocycles. The predicted molar refractivity (Wildman–Crippen MR) is 78.3 cm³/mol. The number of fused-ring (bicyclic) bond motifs is 1. The summed E-state index contributed by atoms with van der Waals surface area (Å²) >= 11 is 8.56. The highest BCUT2D eigenvalue weighted by Gasteiger charge is 2.10. The van der Waals surface area contributed by atoms with Crippen LogP contribution in [0, 0.1) is 0 Å². The molecule has 0 atom stereocenters. The lowest BCUT2D eigenvalue weighted by Crippen LogP contribution is -1.89. The van der Waals surface area contributed by atoms with Crippen LogP contribution in [0.15, 0.2) is 44.8 Å². The first-order valence-electron chi connectivity index (χ1n) is 4.92. The van der Waals surface area contributed by atoms with Crippen LogP contribution in [0.4, 0.5) is 0 Å². The minimum Gasteiger partial charge on any atom is -0.148 e. The molecule has 0 N–H and O–H groups in total. The number of hydrogen-bond donors (Lipinski definition) is 0. The normalized spacial score (nSPS) is 10.9. The molecule has 2 nitrogen and oxygen atoms in total. The SMILES string of the molecule is Brc1ccc(-c2nnc(Br)c3ccccc23)s1. The Hall–Kier alpha value is -0.780. The Balaban J connectivity index is 2.34. The summed E-state index contributed by atoms with van der Waals surface area (Å²) in [7, 11) is 0. The van der Waals surface area contributed by atoms with E-state index >= 15 is 0 Å². The minimum atomic E-state index is 0.785. The lowest BCUT2D eigenvalue weighted by atomic mass is 10.1. The van der Waals surface area contributed by atoms with Gasteiger partial charge in [-0.25, -0.2) is 0 Å². The van der Waals surface area contributed by atoms with Gasteiger partial charge >= 0.3 is 0 Å². The minimum absolute atomic E-state index is 0.785. The maximum Gasteiger partial charge on any atom is 0.136 e. The standard InChI is InChI=1S/C12H6Br2N2S/c13-10-6-5-9(17-10)11-7-3-1-2-4-8(7)12(14)16-15-11/h1-6H. The lowest BCUT2D eigenvalue weighted by molar-refractivity contribution is 1.04. The van der Waals surface area contributed by atoms with Gasteiger partial charge < -0.3 is 0 Å².